The molecule has 2 atom stereocenters. The van der Waals surface area contributed by atoms with Crippen LogP contribution in [0.4, 0.5) is 0 Å². The van der Waals surface area contributed by atoms with Crippen LogP contribution in [-0.2, 0) is 17.6 Å². The van der Waals surface area contributed by atoms with Crippen LogP contribution in [0.1, 0.15) is 24.0 Å². The molecule has 106 valence electrons. The maximum atomic E-state index is 9.60. The van der Waals surface area contributed by atoms with Gasteiger partial charge in [-0.25, -0.2) is 0 Å². The van der Waals surface area contributed by atoms with Crippen molar-refractivity contribution in [2.24, 2.45) is 0 Å². The predicted octanol–water partition coefficient (Wildman–Crippen LogP) is 2.29. The molecule has 19 heavy (non-hydrogen) atoms. The first-order valence-electron chi connectivity index (χ1n) is 6.86. The SMILES string of the molecule is COCC(O)CCNC1CCc2cc(Br)ccc2C1. The van der Waals surface area contributed by atoms with Gasteiger partial charge in [-0.1, -0.05) is 22.0 Å². The standard InChI is InChI=1S/C15H22BrNO2/c1-19-10-15(18)6-7-17-14-5-3-11-8-13(16)4-2-12(11)9-14/h2,4,8,14-15,17-18H,3,5-7,9-10H2,1H3. The third kappa shape index (κ3) is 4.56. The van der Waals surface area contributed by atoms with Crippen molar-refractivity contribution in [3.63, 3.8) is 0 Å². The van der Waals surface area contributed by atoms with Gasteiger partial charge in [-0.15, -0.1) is 0 Å². The monoisotopic (exact) mass is 327 g/mol. The maximum Gasteiger partial charge on any atom is 0.0785 e. The smallest absolute Gasteiger partial charge is 0.0785 e. The lowest BCUT2D eigenvalue weighted by atomic mass is 9.88. The zero-order valence-electron chi connectivity index (χ0n) is 11.4. The van der Waals surface area contributed by atoms with E-state index in [1.54, 1.807) is 7.11 Å². The molecule has 2 rings (SSSR count). The normalized spacial score (nSPS) is 20.1. The zero-order chi connectivity index (χ0) is 13.7. The fourth-order valence-electron chi connectivity index (χ4n) is 2.63. The average molecular weight is 328 g/mol. The van der Waals surface area contributed by atoms with E-state index in [4.69, 9.17) is 4.74 Å². The van der Waals surface area contributed by atoms with Crippen molar-refractivity contribution < 1.29 is 9.84 Å². The molecule has 0 aliphatic heterocycles. The first kappa shape index (κ1) is 15.0. The lowest BCUT2D eigenvalue weighted by molar-refractivity contribution is 0.0589. The molecule has 1 aliphatic rings. The summed E-state index contributed by atoms with van der Waals surface area (Å²) in [5.74, 6) is 0. The number of hydrogen-bond acceptors (Lipinski definition) is 3. The van der Waals surface area contributed by atoms with Gasteiger partial charge in [-0.3, -0.25) is 0 Å². The predicted molar refractivity (Wildman–Crippen MR) is 80.5 cm³/mol. The van der Waals surface area contributed by atoms with Crippen molar-refractivity contribution in [1.29, 1.82) is 0 Å². The molecule has 2 N–H and O–H groups in total. The second-order valence-corrected chi connectivity index (χ2v) is 6.12. The van der Waals surface area contributed by atoms with E-state index in [2.05, 4.69) is 39.4 Å². The van der Waals surface area contributed by atoms with Gasteiger partial charge in [-0.2, -0.15) is 0 Å². The molecule has 1 aromatic rings. The van der Waals surface area contributed by atoms with Gasteiger partial charge in [0, 0.05) is 17.6 Å². The number of nitrogens with one attached hydrogen (secondary N) is 1. The van der Waals surface area contributed by atoms with Crippen LogP contribution in [0.2, 0.25) is 0 Å². The van der Waals surface area contributed by atoms with Crippen molar-refractivity contribution >= 4 is 15.9 Å². The Kier molecular flexibility index (Phi) is 5.82. The fraction of sp³-hybridized carbons (Fsp3) is 0.600. The van der Waals surface area contributed by atoms with Crippen LogP contribution in [0.3, 0.4) is 0 Å². The van der Waals surface area contributed by atoms with Crippen molar-refractivity contribution in [2.45, 2.75) is 37.8 Å². The van der Waals surface area contributed by atoms with E-state index in [0.29, 0.717) is 12.6 Å². The van der Waals surface area contributed by atoms with Gasteiger partial charge >= 0.3 is 0 Å². The molecule has 1 aromatic carbocycles. The first-order chi connectivity index (χ1) is 9.19. The van der Waals surface area contributed by atoms with Gasteiger partial charge < -0.3 is 15.2 Å². The second-order valence-electron chi connectivity index (χ2n) is 5.20. The molecular weight excluding hydrogens is 306 g/mol. The van der Waals surface area contributed by atoms with Crippen molar-refractivity contribution in [2.75, 3.05) is 20.3 Å². The highest BCUT2D eigenvalue weighted by atomic mass is 79.9. The summed E-state index contributed by atoms with van der Waals surface area (Å²) in [4.78, 5) is 0. The molecule has 3 nitrogen and oxygen atoms in total. The Balaban J connectivity index is 1.77. The van der Waals surface area contributed by atoms with Crippen LogP contribution in [0.25, 0.3) is 0 Å². The second kappa shape index (κ2) is 7.39. The molecule has 0 spiro atoms. The largest absolute Gasteiger partial charge is 0.391 e. The van der Waals surface area contributed by atoms with Crippen molar-refractivity contribution in [3.05, 3.63) is 33.8 Å². The van der Waals surface area contributed by atoms with E-state index in [-0.39, 0.29) is 6.10 Å². The summed E-state index contributed by atoms with van der Waals surface area (Å²) in [5.41, 5.74) is 2.91. The van der Waals surface area contributed by atoms with Gasteiger partial charge in [0.05, 0.1) is 12.7 Å². The van der Waals surface area contributed by atoms with E-state index in [1.165, 1.54) is 22.0 Å². The topological polar surface area (TPSA) is 41.5 Å². The molecule has 4 heteroatoms. The molecular formula is C15H22BrNO2. The Hall–Kier alpha value is -0.420. The van der Waals surface area contributed by atoms with E-state index in [9.17, 15) is 5.11 Å². The summed E-state index contributed by atoms with van der Waals surface area (Å²) in [5, 5.41) is 13.1. The van der Waals surface area contributed by atoms with Crippen LogP contribution in [0.15, 0.2) is 22.7 Å². The van der Waals surface area contributed by atoms with E-state index < -0.39 is 0 Å². The Labute approximate surface area is 123 Å². The number of hydrogen-bond donors (Lipinski definition) is 2. The minimum Gasteiger partial charge on any atom is -0.391 e. The van der Waals surface area contributed by atoms with Crippen LogP contribution < -0.4 is 5.32 Å². The van der Waals surface area contributed by atoms with Crippen LogP contribution >= 0.6 is 15.9 Å². The average Bonchev–Trinajstić information content (AvgIpc) is 2.39. The molecule has 0 radical (unpaired) electrons. The molecule has 0 aromatic heterocycles. The molecule has 2 unspecified atom stereocenters. The number of rotatable bonds is 6. The van der Waals surface area contributed by atoms with Crippen molar-refractivity contribution in [3.8, 4) is 0 Å². The van der Waals surface area contributed by atoms with Crippen LogP contribution in [0.5, 0.6) is 0 Å². The zero-order valence-corrected chi connectivity index (χ0v) is 12.9. The first-order valence-corrected chi connectivity index (χ1v) is 7.66. The Morgan fingerprint density at radius 1 is 1.47 bits per heavy atom. The summed E-state index contributed by atoms with van der Waals surface area (Å²) in [6, 6.07) is 7.09. The number of aliphatic hydroxyl groups is 1. The van der Waals surface area contributed by atoms with Gasteiger partial charge in [0.25, 0.3) is 0 Å². The number of ether oxygens (including phenoxy) is 1. The molecule has 0 heterocycles. The summed E-state index contributed by atoms with van der Waals surface area (Å²) >= 11 is 3.52. The lowest BCUT2D eigenvalue weighted by Gasteiger charge is -2.26. The summed E-state index contributed by atoms with van der Waals surface area (Å²) in [7, 11) is 1.62. The van der Waals surface area contributed by atoms with Gasteiger partial charge in [0.2, 0.25) is 0 Å². The Morgan fingerprint density at radius 2 is 2.32 bits per heavy atom. The van der Waals surface area contributed by atoms with Gasteiger partial charge in [0.1, 0.15) is 0 Å². The van der Waals surface area contributed by atoms with E-state index in [0.717, 1.165) is 25.8 Å². The molecule has 0 saturated heterocycles. The fourth-order valence-corrected chi connectivity index (χ4v) is 3.04. The van der Waals surface area contributed by atoms with E-state index >= 15 is 0 Å². The van der Waals surface area contributed by atoms with Gasteiger partial charge in [-0.05, 0) is 55.5 Å². The van der Waals surface area contributed by atoms with Crippen LogP contribution in [-0.4, -0.2) is 37.5 Å². The summed E-state index contributed by atoms with van der Waals surface area (Å²) in [6.07, 6.45) is 3.78. The highest BCUT2D eigenvalue weighted by molar-refractivity contribution is 9.10. The molecule has 0 bridgehead atoms. The molecule has 0 saturated carbocycles. The number of halogens is 1. The highest BCUT2D eigenvalue weighted by Crippen LogP contribution is 2.24. The number of aliphatic hydroxyl groups excluding tert-OH is 1. The number of methoxy groups -OCH3 is 1. The number of benzene rings is 1. The minimum atomic E-state index is -0.357. The number of aryl methyl sites for hydroxylation is 1. The minimum absolute atomic E-state index is 0.357. The number of fused-ring (bicyclic) bond motifs is 1. The quantitative estimate of drug-likeness (QED) is 0.842. The maximum absolute atomic E-state index is 9.60. The summed E-state index contributed by atoms with van der Waals surface area (Å²) in [6.45, 7) is 1.27. The third-order valence-electron chi connectivity index (χ3n) is 3.67. The Morgan fingerprint density at radius 3 is 3.11 bits per heavy atom. The van der Waals surface area contributed by atoms with Gasteiger partial charge in [0.15, 0.2) is 0 Å². The molecule has 0 fully saturated rings. The highest BCUT2D eigenvalue weighted by Gasteiger charge is 2.18. The summed E-state index contributed by atoms with van der Waals surface area (Å²) < 4.78 is 6.09. The third-order valence-corrected chi connectivity index (χ3v) is 4.16. The van der Waals surface area contributed by atoms with E-state index in [1.807, 2.05) is 0 Å². The molecule has 1 aliphatic carbocycles. The Bertz CT molecular complexity index is 411. The van der Waals surface area contributed by atoms with Crippen LogP contribution in [0, 0.1) is 0 Å². The van der Waals surface area contributed by atoms with Crippen molar-refractivity contribution in [1.82, 2.24) is 5.32 Å². The lowest BCUT2D eigenvalue weighted by Crippen LogP contribution is -2.36. The molecule has 0 amide bonds.